The van der Waals surface area contributed by atoms with Gasteiger partial charge in [0, 0.05) is 0 Å². The molecule has 2 radical (unpaired) electrons. The Hall–Kier alpha value is -2.22. The van der Waals surface area contributed by atoms with E-state index in [0.717, 1.165) is 0 Å². The SMILES string of the molecule is Cc1cc2c(-c3ccccc3)ccc(C)c2[cH-]1.Cc1ccc(-c2ccccc2)c2cc(C(C)C)[cH-]c12.Cl.Cl.[CH3-].[CH3-].[Si]=[Zr]. The van der Waals surface area contributed by atoms with Gasteiger partial charge in [0.1, 0.15) is 0 Å². The minimum atomic E-state index is 0. The molecular weight excluding hydrogens is 647 g/mol. The van der Waals surface area contributed by atoms with Crippen molar-refractivity contribution in [3.63, 3.8) is 0 Å². The molecule has 6 aromatic carbocycles. The average molecular weight is 689 g/mol. The molecule has 0 N–H and O–H groups in total. The number of fused-ring (bicyclic) bond motifs is 2. The molecule has 6 rings (SSSR count). The molecule has 0 saturated carbocycles. The van der Waals surface area contributed by atoms with Crippen molar-refractivity contribution in [2.75, 3.05) is 0 Å². The zero-order chi connectivity index (χ0) is 27.2. The molecule has 0 aliphatic heterocycles. The Bertz CT molecular complexity index is 1650. The van der Waals surface area contributed by atoms with E-state index in [1.807, 2.05) is 0 Å². The van der Waals surface area contributed by atoms with Crippen LogP contribution in [0, 0.1) is 35.6 Å². The molecule has 6 aromatic rings. The molecule has 0 aromatic heterocycles. The van der Waals surface area contributed by atoms with Crippen LogP contribution in [0.2, 0.25) is 0 Å². The van der Waals surface area contributed by atoms with Gasteiger partial charge in [-0.2, -0.15) is 12.1 Å². The number of benzene rings is 4. The number of halogens is 2. The van der Waals surface area contributed by atoms with E-state index < -0.39 is 0 Å². The van der Waals surface area contributed by atoms with Crippen LogP contribution in [0.15, 0.2) is 109 Å². The third-order valence-electron chi connectivity index (χ3n) is 7.21. The van der Waals surface area contributed by atoms with Crippen LogP contribution >= 0.6 is 24.8 Å². The maximum absolute atomic E-state index is 3.06. The van der Waals surface area contributed by atoms with Crippen LogP contribution in [0.4, 0.5) is 0 Å². The van der Waals surface area contributed by atoms with Gasteiger partial charge in [0.2, 0.25) is 0 Å². The summed E-state index contributed by atoms with van der Waals surface area (Å²) >= 11 is 1.36. The van der Waals surface area contributed by atoms with E-state index in [2.05, 4.69) is 151 Å². The van der Waals surface area contributed by atoms with Gasteiger partial charge in [0.15, 0.2) is 0 Å². The summed E-state index contributed by atoms with van der Waals surface area (Å²) in [6.07, 6.45) is 0. The summed E-state index contributed by atoms with van der Waals surface area (Å²) in [6.45, 7) is 14.1. The van der Waals surface area contributed by atoms with Crippen LogP contribution < -0.4 is 0 Å². The fourth-order valence-corrected chi connectivity index (χ4v) is 5.13. The van der Waals surface area contributed by atoms with Crippen molar-refractivity contribution in [3.05, 3.63) is 146 Å². The summed E-state index contributed by atoms with van der Waals surface area (Å²) < 4.78 is 0. The molecular formula is C38H42Cl2SiZr-4. The predicted molar refractivity (Wildman–Crippen MR) is 191 cm³/mol. The summed E-state index contributed by atoms with van der Waals surface area (Å²) in [5, 5.41) is 5.53. The monoisotopic (exact) mass is 686 g/mol. The maximum atomic E-state index is 3.06. The normalized spacial score (nSPS) is 9.64. The van der Waals surface area contributed by atoms with Gasteiger partial charge in [0.25, 0.3) is 0 Å². The first kappa shape index (κ1) is 39.8. The number of hydrogen-bond donors (Lipinski definition) is 0. The van der Waals surface area contributed by atoms with Crippen molar-refractivity contribution >= 4 is 53.2 Å². The zero-order valence-corrected chi connectivity index (χ0v) is 30.9. The van der Waals surface area contributed by atoms with Gasteiger partial charge < -0.3 is 14.9 Å². The third-order valence-corrected chi connectivity index (χ3v) is 7.21. The Balaban J connectivity index is 0.000000696. The summed E-state index contributed by atoms with van der Waals surface area (Å²) in [4.78, 5) is 0. The summed E-state index contributed by atoms with van der Waals surface area (Å²) in [5.74, 6) is 0.579. The first-order chi connectivity index (χ1) is 18.4. The third kappa shape index (κ3) is 8.90. The van der Waals surface area contributed by atoms with Gasteiger partial charge >= 0.3 is 30.2 Å². The molecule has 0 heterocycles. The number of hydrogen-bond acceptors (Lipinski definition) is 0. The molecule has 0 nitrogen and oxygen atoms in total. The predicted octanol–water partition coefficient (Wildman–Crippen LogP) is 11.9. The summed E-state index contributed by atoms with van der Waals surface area (Å²) in [6, 6.07) is 39.4. The zero-order valence-electron chi connectivity index (χ0n) is 25.8. The van der Waals surface area contributed by atoms with Crippen molar-refractivity contribution in [1.29, 1.82) is 0 Å². The van der Waals surface area contributed by atoms with E-state index >= 15 is 0 Å². The molecule has 0 unspecified atom stereocenters. The molecule has 42 heavy (non-hydrogen) atoms. The summed E-state index contributed by atoms with van der Waals surface area (Å²) in [7, 11) is 0. The van der Waals surface area contributed by atoms with Crippen LogP contribution in [0.25, 0.3) is 43.8 Å². The van der Waals surface area contributed by atoms with Crippen molar-refractivity contribution in [1.82, 2.24) is 0 Å². The fourth-order valence-electron chi connectivity index (χ4n) is 5.13. The average Bonchev–Trinajstić information content (AvgIpc) is 3.57. The molecule has 0 atom stereocenters. The Morgan fingerprint density at radius 1 is 0.571 bits per heavy atom. The van der Waals surface area contributed by atoms with Crippen LogP contribution in [-0.4, -0.2) is 6.88 Å². The van der Waals surface area contributed by atoms with Crippen LogP contribution in [-0.2, 0) is 23.3 Å². The first-order valence-electron chi connectivity index (χ1n) is 13.1. The molecule has 4 heteroatoms. The standard InChI is InChI=1S/C19H19.C17H15.2CH3.2ClH.Si.Zr/c1-13(2)16-11-18-14(3)9-10-17(19(18)12-16)15-7-5-4-6-8-15;1-12-10-16-13(2)8-9-15(17(16)11-12)14-6-4-3-5-7-14;;;;;;/h4-13H,1-3H3;3-11H,1-2H3;2*1H3;2*1H;;/q4*-1;;;;. The van der Waals surface area contributed by atoms with E-state index in [1.165, 1.54) is 89.4 Å². The molecule has 220 valence electrons. The second-order valence-corrected chi connectivity index (χ2v) is 10.2. The molecule has 0 amide bonds. The molecule has 0 fully saturated rings. The van der Waals surface area contributed by atoms with Gasteiger partial charge in [-0.25, -0.2) is 0 Å². The van der Waals surface area contributed by atoms with E-state index in [9.17, 15) is 0 Å². The topological polar surface area (TPSA) is 0 Å². The van der Waals surface area contributed by atoms with E-state index in [-0.39, 0.29) is 39.7 Å². The van der Waals surface area contributed by atoms with E-state index in [4.69, 9.17) is 0 Å². The van der Waals surface area contributed by atoms with Gasteiger partial charge in [-0.15, -0.1) is 92.9 Å². The van der Waals surface area contributed by atoms with Gasteiger partial charge in [-0.05, 0) is 17.0 Å². The fraction of sp³-hybridized carbons (Fsp3) is 0.158. The summed E-state index contributed by atoms with van der Waals surface area (Å²) in [5.41, 5.74) is 10.8. The number of rotatable bonds is 3. The van der Waals surface area contributed by atoms with Gasteiger partial charge in [0.05, 0.1) is 0 Å². The van der Waals surface area contributed by atoms with Gasteiger partial charge in [-0.3, -0.25) is 0 Å². The van der Waals surface area contributed by atoms with Crippen LogP contribution in [0.1, 0.15) is 42.0 Å². The second kappa shape index (κ2) is 18.4. The molecule has 0 aliphatic rings. The van der Waals surface area contributed by atoms with E-state index in [0.29, 0.717) is 5.92 Å². The van der Waals surface area contributed by atoms with Crippen molar-refractivity contribution in [2.24, 2.45) is 0 Å². The molecule has 0 aliphatic carbocycles. The Morgan fingerprint density at radius 2 is 0.976 bits per heavy atom. The molecule has 0 bridgehead atoms. The molecule has 0 saturated heterocycles. The first-order valence-corrected chi connectivity index (χ1v) is 17.3. The van der Waals surface area contributed by atoms with Crippen molar-refractivity contribution in [2.45, 2.75) is 40.5 Å². The number of aryl methyl sites for hydroxylation is 3. The van der Waals surface area contributed by atoms with Gasteiger partial charge in [-0.1, -0.05) is 119 Å². The van der Waals surface area contributed by atoms with Crippen molar-refractivity contribution < 1.29 is 23.3 Å². The Labute approximate surface area is 283 Å². The quantitative estimate of drug-likeness (QED) is 0.128. The molecule has 0 spiro atoms. The van der Waals surface area contributed by atoms with Crippen molar-refractivity contribution in [3.8, 4) is 22.3 Å². The Morgan fingerprint density at radius 3 is 1.40 bits per heavy atom. The Kier molecular flexibility index (Phi) is 17.5. The van der Waals surface area contributed by atoms with E-state index in [1.54, 1.807) is 0 Å². The second-order valence-electron chi connectivity index (χ2n) is 10.2. The van der Waals surface area contributed by atoms with Crippen LogP contribution in [0.3, 0.4) is 0 Å². The van der Waals surface area contributed by atoms with Crippen LogP contribution in [0.5, 0.6) is 0 Å². The minimum absolute atomic E-state index is 0.